The average Bonchev–Trinajstić information content (AvgIpc) is 2.28. The van der Waals surface area contributed by atoms with Crippen LogP contribution in [-0.2, 0) is 4.79 Å². The summed E-state index contributed by atoms with van der Waals surface area (Å²) >= 11 is 3.95. The van der Waals surface area contributed by atoms with Crippen molar-refractivity contribution in [3.63, 3.8) is 0 Å². The van der Waals surface area contributed by atoms with Gasteiger partial charge in [0, 0.05) is 5.75 Å². The number of para-hydroxylation sites is 2. The van der Waals surface area contributed by atoms with Gasteiger partial charge in [-0.2, -0.15) is 12.6 Å². The number of benzene rings is 1. The minimum absolute atomic E-state index is 0.269. The SMILES string of the molecule is COc1ccccc1NC(=O)C(N)CS. The predicted octanol–water partition coefficient (Wildman–Crippen LogP) is 0.891. The van der Waals surface area contributed by atoms with Gasteiger partial charge < -0.3 is 15.8 Å². The third-order valence-corrected chi connectivity index (χ3v) is 2.29. The zero-order valence-corrected chi connectivity index (χ0v) is 9.33. The molecule has 0 aliphatic carbocycles. The summed E-state index contributed by atoms with van der Waals surface area (Å²) in [5.41, 5.74) is 6.14. The van der Waals surface area contributed by atoms with E-state index < -0.39 is 6.04 Å². The first-order chi connectivity index (χ1) is 7.19. The highest BCUT2D eigenvalue weighted by Gasteiger charge is 2.13. The summed E-state index contributed by atoms with van der Waals surface area (Å²) in [6, 6.07) is 6.54. The Morgan fingerprint density at radius 1 is 1.60 bits per heavy atom. The molecular weight excluding hydrogens is 212 g/mol. The van der Waals surface area contributed by atoms with Crippen molar-refractivity contribution in [3.05, 3.63) is 24.3 Å². The molecule has 1 aromatic carbocycles. The molecule has 1 unspecified atom stereocenters. The standard InChI is InChI=1S/C10H14N2O2S/c1-14-9-5-3-2-4-8(9)12-10(13)7(11)6-15/h2-5,7,15H,6,11H2,1H3,(H,12,13). The lowest BCUT2D eigenvalue weighted by atomic mass is 10.2. The van der Waals surface area contributed by atoms with Crippen LogP contribution in [-0.4, -0.2) is 24.8 Å². The van der Waals surface area contributed by atoms with Crippen molar-refractivity contribution < 1.29 is 9.53 Å². The van der Waals surface area contributed by atoms with Gasteiger partial charge >= 0.3 is 0 Å². The van der Waals surface area contributed by atoms with Crippen molar-refractivity contribution >= 4 is 24.2 Å². The number of rotatable bonds is 4. The van der Waals surface area contributed by atoms with Crippen molar-refractivity contribution in [2.45, 2.75) is 6.04 Å². The van der Waals surface area contributed by atoms with Gasteiger partial charge in [-0.1, -0.05) is 12.1 Å². The Kier molecular flexibility index (Phi) is 4.45. The molecule has 0 fully saturated rings. The molecule has 1 aromatic rings. The summed E-state index contributed by atoms with van der Waals surface area (Å²) in [6.45, 7) is 0. The van der Waals surface area contributed by atoms with Crippen LogP contribution in [0.25, 0.3) is 0 Å². The average molecular weight is 226 g/mol. The normalized spacial score (nSPS) is 11.9. The molecule has 0 aliphatic heterocycles. The molecule has 5 heteroatoms. The zero-order valence-electron chi connectivity index (χ0n) is 8.43. The lowest BCUT2D eigenvalue weighted by molar-refractivity contribution is -0.116. The van der Waals surface area contributed by atoms with Crippen LogP contribution in [0.5, 0.6) is 5.75 Å². The summed E-state index contributed by atoms with van der Waals surface area (Å²) in [5.74, 6) is 0.646. The molecule has 82 valence electrons. The van der Waals surface area contributed by atoms with Crippen molar-refractivity contribution in [1.82, 2.24) is 0 Å². The topological polar surface area (TPSA) is 64.3 Å². The largest absolute Gasteiger partial charge is 0.495 e. The number of nitrogens with one attached hydrogen (secondary N) is 1. The van der Waals surface area contributed by atoms with E-state index in [9.17, 15) is 4.79 Å². The van der Waals surface area contributed by atoms with Crippen molar-refractivity contribution in [2.24, 2.45) is 5.73 Å². The van der Waals surface area contributed by atoms with Gasteiger partial charge in [0.25, 0.3) is 0 Å². The van der Waals surface area contributed by atoms with Crippen LogP contribution in [0.2, 0.25) is 0 Å². The second kappa shape index (κ2) is 5.63. The number of ether oxygens (including phenoxy) is 1. The van der Waals surface area contributed by atoms with Gasteiger partial charge in [-0.25, -0.2) is 0 Å². The number of carbonyl (C=O) groups is 1. The Balaban J connectivity index is 2.76. The fourth-order valence-corrected chi connectivity index (χ4v) is 1.22. The van der Waals surface area contributed by atoms with Crippen LogP contribution in [0.15, 0.2) is 24.3 Å². The van der Waals surface area contributed by atoms with Gasteiger partial charge in [0.2, 0.25) is 5.91 Å². The Morgan fingerprint density at radius 2 is 2.27 bits per heavy atom. The summed E-state index contributed by atoms with van der Waals surface area (Å²) < 4.78 is 5.08. The molecule has 0 radical (unpaired) electrons. The maximum Gasteiger partial charge on any atom is 0.242 e. The van der Waals surface area contributed by atoms with Crippen molar-refractivity contribution in [1.29, 1.82) is 0 Å². The summed E-state index contributed by atoms with van der Waals surface area (Å²) in [4.78, 5) is 11.5. The minimum Gasteiger partial charge on any atom is -0.495 e. The molecule has 0 heterocycles. The van der Waals surface area contributed by atoms with Crippen LogP contribution >= 0.6 is 12.6 Å². The van der Waals surface area contributed by atoms with E-state index in [2.05, 4.69) is 17.9 Å². The number of nitrogens with two attached hydrogens (primary N) is 1. The molecule has 1 rings (SSSR count). The number of hydrogen-bond donors (Lipinski definition) is 3. The molecule has 0 spiro atoms. The second-order valence-corrected chi connectivity index (χ2v) is 3.34. The van der Waals surface area contributed by atoms with E-state index in [4.69, 9.17) is 10.5 Å². The smallest absolute Gasteiger partial charge is 0.242 e. The minimum atomic E-state index is -0.613. The fourth-order valence-electron chi connectivity index (χ4n) is 1.06. The number of carbonyl (C=O) groups excluding carboxylic acids is 1. The Hall–Kier alpha value is -1.20. The number of methoxy groups -OCH3 is 1. The van der Waals surface area contributed by atoms with Crippen LogP contribution < -0.4 is 15.8 Å². The van der Waals surface area contributed by atoms with E-state index in [1.165, 1.54) is 0 Å². The first-order valence-corrected chi connectivity index (χ1v) is 5.12. The first kappa shape index (κ1) is 11.9. The van der Waals surface area contributed by atoms with Crippen molar-refractivity contribution in [3.8, 4) is 5.75 Å². The van der Waals surface area contributed by atoms with Crippen molar-refractivity contribution in [2.75, 3.05) is 18.2 Å². The highest BCUT2D eigenvalue weighted by Crippen LogP contribution is 2.22. The molecule has 1 atom stereocenters. The maximum absolute atomic E-state index is 11.5. The monoisotopic (exact) mass is 226 g/mol. The lowest BCUT2D eigenvalue weighted by Gasteiger charge is -2.12. The van der Waals surface area contributed by atoms with Crippen LogP contribution in [0.3, 0.4) is 0 Å². The van der Waals surface area contributed by atoms with Gasteiger partial charge in [-0.05, 0) is 12.1 Å². The highest BCUT2D eigenvalue weighted by molar-refractivity contribution is 7.80. The molecule has 4 nitrogen and oxygen atoms in total. The maximum atomic E-state index is 11.5. The molecule has 3 N–H and O–H groups in total. The van der Waals surface area contributed by atoms with Gasteiger partial charge in [-0.3, -0.25) is 4.79 Å². The Bertz CT molecular complexity index is 344. The first-order valence-electron chi connectivity index (χ1n) is 4.49. The molecule has 0 saturated heterocycles. The van der Waals surface area contributed by atoms with Crippen LogP contribution in [0.1, 0.15) is 0 Å². The molecule has 15 heavy (non-hydrogen) atoms. The van der Waals surface area contributed by atoms with Gasteiger partial charge in [0.05, 0.1) is 18.8 Å². The quantitative estimate of drug-likeness (QED) is 0.668. The van der Waals surface area contributed by atoms with Crippen LogP contribution in [0.4, 0.5) is 5.69 Å². The summed E-state index contributed by atoms with van der Waals surface area (Å²) in [5, 5.41) is 2.67. The van der Waals surface area contributed by atoms with E-state index in [-0.39, 0.29) is 5.91 Å². The number of thiol groups is 1. The van der Waals surface area contributed by atoms with E-state index in [0.717, 1.165) is 0 Å². The molecule has 0 bridgehead atoms. The predicted molar refractivity (Wildman–Crippen MR) is 63.5 cm³/mol. The lowest BCUT2D eigenvalue weighted by Crippen LogP contribution is -2.37. The molecular formula is C10H14N2O2S. The molecule has 0 aromatic heterocycles. The Labute approximate surface area is 94.2 Å². The number of amides is 1. The second-order valence-electron chi connectivity index (χ2n) is 2.98. The zero-order chi connectivity index (χ0) is 11.3. The third-order valence-electron chi connectivity index (χ3n) is 1.90. The van der Waals surface area contributed by atoms with Gasteiger partial charge in [0.1, 0.15) is 5.75 Å². The summed E-state index contributed by atoms with van der Waals surface area (Å²) in [6.07, 6.45) is 0. The fraction of sp³-hybridized carbons (Fsp3) is 0.300. The summed E-state index contributed by atoms with van der Waals surface area (Å²) in [7, 11) is 1.55. The van der Waals surface area contributed by atoms with Gasteiger partial charge in [0.15, 0.2) is 0 Å². The molecule has 0 aliphatic rings. The number of hydrogen-bond acceptors (Lipinski definition) is 4. The van der Waals surface area contributed by atoms with E-state index in [1.54, 1.807) is 19.2 Å². The number of anilines is 1. The third kappa shape index (κ3) is 3.14. The van der Waals surface area contributed by atoms with E-state index >= 15 is 0 Å². The Morgan fingerprint density at radius 3 is 2.87 bits per heavy atom. The van der Waals surface area contributed by atoms with E-state index in [1.807, 2.05) is 12.1 Å². The van der Waals surface area contributed by atoms with Crippen LogP contribution in [0, 0.1) is 0 Å². The molecule has 1 amide bonds. The highest BCUT2D eigenvalue weighted by atomic mass is 32.1. The van der Waals surface area contributed by atoms with Gasteiger partial charge in [-0.15, -0.1) is 0 Å². The molecule has 0 saturated carbocycles. The van der Waals surface area contributed by atoms with E-state index in [0.29, 0.717) is 17.2 Å².